The van der Waals surface area contributed by atoms with Crippen LogP contribution in [-0.2, 0) is 0 Å². The number of carbonyl (C=O) groups excluding carboxylic acids is 1. The Morgan fingerprint density at radius 3 is 2.52 bits per heavy atom. The molecule has 0 aliphatic carbocycles. The first kappa shape index (κ1) is 13.7. The van der Waals surface area contributed by atoms with Gasteiger partial charge in [-0.3, -0.25) is 4.79 Å². The van der Waals surface area contributed by atoms with Crippen LogP contribution in [0.5, 0.6) is 0 Å². The molecule has 0 aliphatic rings. The topological polar surface area (TPSA) is 68.9 Å². The van der Waals surface area contributed by atoms with Crippen molar-refractivity contribution in [1.82, 2.24) is 10.2 Å². The normalized spacial score (nSPS) is 10.8. The monoisotopic (exact) mass is 341 g/mol. The highest BCUT2D eigenvalue weighted by atomic mass is 79.9. The standard InChI is InChI=1S/C16H12BrN3O/c1-9-2-4-10(5-3-9)16(21)15-14(18)12-8-11(17)6-7-13(12)19-20-15/h2-8H,1H3,(H2,18,19). The predicted molar refractivity (Wildman–Crippen MR) is 86.3 cm³/mol. The van der Waals surface area contributed by atoms with Crippen molar-refractivity contribution in [2.75, 3.05) is 5.73 Å². The molecule has 0 amide bonds. The van der Waals surface area contributed by atoms with E-state index in [-0.39, 0.29) is 11.5 Å². The molecule has 0 fully saturated rings. The van der Waals surface area contributed by atoms with Crippen LogP contribution in [0.2, 0.25) is 0 Å². The molecule has 21 heavy (non-hydrogen) atoms. The van der Waals surface area contributed by atoms with Gasteiger partial charge in [-0.25, -0.2) is 0 Å². The van der Waals surface area contributed by atoms with Crippen molar-refractivity contribution in [3.05, 3.63) is 63.8 Å². The maximum Gasteiger partial charge on any atom is 0.215 e. The Kier molecular flexibility index (Phi) is 3.43. The van der Waals surface area contributed by atoms with Crippen LogP contribution >= 0.6 is 15.9 Å². The van der Waals surface area contributed by atoms with Gasteiger partial charge in [0.15, 0.2) is 5.69 Å². The van der Waals surface area contributed by atoms with E-state index in [0.29, 0.717) is 16.8 Å². The molecule has 2 aromatic carbocycles. The van der Waals surface area contributed by atoms with Crippen LogP contribution in [0.1, 0.15) is 21.6 Å². The van der Waals surface area contributed by atoms with Gasteiger partial charge in [0, 0.05) is 15.4 Å². The van der Waals surface area contributed by atoms with E-state index >= 15 is 0 Å². The molecule has 2 N–H and O–H groups in total. The largest absolute Gasteiger partial charge is 0.396 e. The van der Waals surface area contributed by atoms with E-state index in [9.17, 15) is 4.79 Å². The molecule has 0 bridgehead atoms. The number of fused-ring (bicyclic) bond motifs is 1. The number of hydrogen-bond acceptors (Lipinski definition) is 4. The zero-order chi connectivity index (χ0) is 15.0. The summed E-state index contributed by atoms with van der Waals surface area (Å²) in [5, 5.41) is 8.79. The summed E-state index contributed by atoms with van der Waals surface area (Å²) in [5.41, 5.74) is 8.96. The molecule has 0 saturated heterocycles. The summed E-state index contributed by atoms with van der Waals surface area (Å²) in [5.74, 6) is -0.220. The first-order valence-corrected chi connectivity index (χ1v) is 7.18. The van der Waals surface area contributed by atoms with Crippen molar-refractivity contribution in [1.29, 1.82) is 0 Å². The number of halogens is 1. The van der Waals surface area contributed by atoms with Crippen molar-refractivity contribution in [2.24, 2.45) is 0 Å². The molecule has 0 spiro atoms. The third-order valence-corrected chi connectivity index (χ3v) is 3.78. The molecule has 0 radical (unpaired) electrons. The number of nitrogen functional groups attached to an aromatic ring is 1. The summed E-state index contributed by atoms with van der Waals surface area (Å²) < 4.78 is 0.878. The predicted octanol–water partition coefficient (Wildman–Crippen LogP) is 3.51. The van der Waals surface area contributed by atoms with Gasteiger partial charge in [0.2, 0.25) is 5.78 Å². The van der Waals surface area contributed by atoms with E-state index in [1.54, 1.807) is 12.1 Å². The van der Waals surface area contributed by atoms with Crippen LogP contribution < -0.4 is 5.73 Å². The SMILES string of the molecule is Cc1ccc(C(=O)c2nnc3ccc(Br)cc3c2N)cc1. The summed E-state index contributed by atoms with van der Waals surface area (Å²) in [6.45, 7) is 1.97. The smallest absolute Gasteiger partial charge is 0.215 e. The van der Waals surface area contributed by atoms with E-state index in [0.717, 1.165) is 15.4 Å². The van der Waals surface area contributed by atoms with Crippen LogP contribution in [-0.4, -0.2) is 16.0 Å². The molecule has 0 saturated carbocycles. The van der Waals surface area contributed by atoms with Gasteiger partial charge in [-0.2, -0.15) is 0 Å². The number of nitrogens with two attached hydrogens (primary N) is 1. The van der Waals surface area contributed by atoms with E-state index < -0.39 is 0 Å². The maximum atomic E-state index is 12.5. The molecule has 5 heteroatoms. The lowest BCUT2D eigenvalue weighted by molar-refractivity contribution is 0.103. The van der Waals surface area contributed by atoms with E-state index in [1.807, 2.05) is 37.3 Å². The van der Waals surface area contributed by atoms with Gasteiger partial charge in [-0.15, -0.1) is 10.2 Å². The molecule has 4 nitrogen and oxygen atoms in total. The Bertz CT molecular complexity index is 844. The first-order valence-electron chi connectivity index (χ1n) is 6.39. The number of benzene rings is 2. The highest BCUT2D eigenvalue weighted by Crippen LogP contribution is 2.26. The highest BCUT2D eigenvalue weighted by Gasteiger charge is 2.17. The quantitative estimate of drug-likeness (QED) is 0.724. The van der Waals surface area contributed by atoms with Crippen molar-refractivity contribution < 1.29 is 4.79 Å². The van der Waals surface area contributed by atoms with Gasteiger partial charge in [0.05, 0.1) is 11.2 Å². The van der Waals surface area contributed by atoms with Gasteiger partial charge >= 0.3 is 0 Å². The minimum absolute atomic E-state index is 0.185. The highest BCUT2D eigenvalue weighted by molar-refractivity contribution is 9.10. The maximum absolute atomic E-state index is 12.5. The Morgan fingerprint density at radius 2 is 1.81 bits per heavy atom. The molecule has 3 rings (SSSR count). The molecule has 1 aromatic heterocycles. The zero-order valence-electron chi connectivity index (χ0n) is 11.3. The minimum Gasteiger partial charge on any atom is -0.396 e. The summed E-state index contributed by atoms with van der Waals surface area (Å²) in [6, 6.07) is 12.8. The van der Waals surface area contributed by atoms with Crippen molar-refractivity contribution in [3.8, 4) is 0 Å². The number of nitrogens with zero attached hydrogens (tertiary/aromatic N) is 2. The average Bonchev–Trinajstić information content (AvgIpc) is 2.48. The zero-order valence-corrected chi connectivity index (χ0v) is 12.9. The summed E-state index contributed by atoms with van der Waals surface area (Å²) in [6.07, 6.45) is 0. The van der Waals surface area contributed by atoms with Crippen LogP contribution in [0, 0.1) is 6.92 Å². The van der Waals surface area contributed by atoms with Crippen LogP contribution in [0.3, 0.4) is 0 Å². The van der Waals surface area contributed by atoms with Gasteiger partial charge in [0.1, 0.15) is 0 Å². The van der Waals surface area contributed by atoms with Crippen LogP contribution in [0.4, 0.5) is 5.69 Å². The Hall–Kier alpha value is -2.27. The number of aryl methyl sites for hydroxylation is 1. The van der Waals surface area contributed by atoms with E-state index in [2.05, 4.69) is 26.1 Å². The number of hydrogen-bond donors (Lipinski definition) is 1. The second-order valence-corrected chi connectivity index (χ2v) is 5.73. The minimum atomic E-state index is -0.220. The lowest BCUT2D eigenvalue weighted by Gasteiger charge is -2.07. The van der Waals surface area contributed by atoms with Gasteiger partial charge in [0.25, 0.3) is 0 Å². The van der Waals surface area contributed by atoms with Gasteiger partial charge in [-0.1, -0.05) is 45.8 Å². The lowest BCUT2D eigenvalue weighted by Crippen LogP contribution is -2.10. The van der Waals surface area contributed by atoms with Gasteiger partial charge in [-0.05, 0) is 25.1 Å². The number of ketones is 1. The molecule has 1 heterocycles. The Morgan fingerprint density at radius 1 is 1.10 bits per heavy atom. The van der Waals surface area contributed by atoms with Crippen LogP contribution in [0.25, 0.3) is 10.9 Å². The second kappa shape index (κ2) is 5.26. The fraction of sp³-hybridized carbons (Fsp3) is 0.0625. The Balaban J connectivity index is 2.14. The van der Waals surface area contributed by atoms with Gasteiger partial charge < -0.3 is 5.73 Å². The van der Waals surface area contributed by atoms with Crippen molar-refractivity contribution >= 4 is 38.3 Å². The third kappa shape index (κ3) is 2.52. The molecule has 0 atom stereocenters. The summed E-state index contributed by atoms with van der Waals surface area (Å²) >= 11 is 3.39. The first-order chi connectivity index (χ1) is 10.1. The number of aromatic nitrogens is 2. The molecule has 0 unspecified atom stereocenters. The number of anilines is 1. The van der Waals surface area contributed by atoms with Crippen molar-refractivity contribution in [2.45, 2.75) is 6.92 Å². The summed E-state index contributed by atoms with van der Waals surface area (Å²) in [4.78, 5) is 12.5. The molecule has 104 valence electrons. The molecule has 3 aromatic rings. The molecular weight excluding hydrogens is 330 g/mol. The number of rotatable bonds is 2. The second-order valence-electron chi connectivity index (χ2n) is 4.82. The average molecular weight is 342 g/mol. The fourth-order valence-corrected chi connectivity index (χ4v) is 2.47. The molecule has 0 aliphatic heterocycles. The van der Waals surface area contributed by atoms with E-state index in [1.165, 1.54) is 0 Å². The fourth-order valence-electron chi connectivity index (χ4n) is 2.11. The number of carbonyl (C=O) groups is 1. The Labute approximate surface area is 130 Å². The van der Waals surface area contributed by atoms with E-state index in [4.69, 9.17) is 5.73 Å². The van der Waals surface area contributed by atoms with Crippen LogP contribution in [0.15, 0.2) is 46.9 Å². The third-order valence-electron chi connectivity index (χ3n) is 3.29. The van der Waals surface area contributed by atoms with Crippen molar-refractivity contribution in [3.63, 3.8) is 0 Å². The lowest BCUT2D eigenvalue weighted by atomic mass is 10.0. The molecular formula is C16H12BrN3O. The summed E-state index contributed by atoms with van der Waals surface area (Å²) in [7, 11) is 0.